The van der Waals surface area contributed by atoms with E-state index in [1.807, 2.05) is 6.08 Å². The van der Waals surface area contributed by atoms with Crippen LogP contribution in [0.1, 0.15) is 46.0 Å². The first-order valence-corrected chi connectivity index (χ1v) is 5.66. The molecule has 0 amide bonds. The van der Waals surface area contributed by atoms with Crippen molar-refractivity contribution in [3.63, 3.8) is 0 Å². The minimum Gasteiger partial charge on any atom is -0.458 e. The second-order valence-corrected chi connectivity index (χ2v) is 3.70. The Morgan fingerprint density at radius 2 is 2.00 bits per heavy atom. The zero-order valence-corrected chi connectivity index (χ0v) is 9.92. The van der Waals surface area contributed by atoms with Crippen LogP contribution in [-0.2, 0) is 9.53 Å². The molecule has 0 atom stereocenters. The Hall–Kier alpha value is -1.05. The SMILES string of the molecule is C=C(C)C(=O)OC/C=C/CCCCCC. The van der Waals surface area contributed by atoms with Crippen LogP contribution < -0.4 is 0 Å². The molecule has 2 heteroatoms. The molecular formula is C13H22O2. The lowest BCUT2D eigenvalue weighted by Crippen LogP contribution is -2.04. The maximum atomic E-state index is 11.0. The molecule has 0 aliphatic heterocycles. The number of esters is 1. The van der Waals surface area contributed by atoms with Crippen molar-refractivity contribution in [3.05, 3.63) is 24.3 Å². The van der Waals surface area contributed by atoms with Crippen LogP contribution in [0, 0.1) is 0 Å². The van der Waals surface area contributed by atoms with E-state index < -0.39 is 0 Å². The van der Waals surface area contributed by atoms with Crippen molar-refractivity contribution < 1.29 is 9.53 Å². The van der Waals surface area contributed by atoms with Crippen LogP contribution in [0.4, 0.5) is 0 Å². The quantitative estimate of drug-likeness (QED) is 0.265. The maximum absolute atomic E-state index is 11.0. The van der Waals surface area contributed by atoms with Gasteiger partial charge in [-0.25, -0.2) is 4.79 Å². The normalized spacial score (nSPS) is 10.5. The van der Waals surface area contributed by atoms with E-state index in [4.69, 9.17) is 4.74 Å². The predicted molar refractivity (Wildman–Crippen MR) is 63.7 cm³/mol. The van der Waals surface area contributed by atoms with Gasteiger partial charge in [0.25, 0.3) is 0 Å². The second-order valence-electron chi connectivity index (χ2n) is 3.70. The fourth-order valence-corrected chi connectivity index (χ4v) is 1.12. The van der Waals surface area contributed by atoms with Crippen molar-refractivity contribution in [2.75, 3.05) is 6.61 Å². The average Bonchev–Trinajstić information content (AvgIpc) is 2.21. The fraction of sp³-hybridized carbons (Fsp3) is 0.615. The van der Waals surface area contributed by atoms with Crippen molar-refractivity contribution in [2.24, 2.45) is 0 Å². The van der Waals surface area contributed by atoms with Crippen LogP contribution in [0.5, 0.6) is 0 Å². The van der Waals surface area contributed by atoms with Gasteiger partial charge in [0.05, 0.1) is 0 Å². The highest BCUT2D eigenvalue weighted by atomic mass is 16.5. The van der Waals surface area contributed by atoms with Crippen LogP contribution in [0.25, 0.3) is 0 Å². The fourth-order valence-electron chi connectivity index (χ4n) is 1.12. The van der Waals surface area contributed by atoms with E-state index in [2.05, 4.69) is 19.6 Å². The molecule has 0 aromatic carbocycles. The van der Waals surface area contributed by atoms with Crippen molar-refractivity contribution in [1.29, 1.82) is 0 Å². The molecular weight excluding hydrogens is 188 g/mol. The van der Waals surface area contributed by atoms with Gasteiger partial charge in [-0.2, -0.15) is 0 Å². The predicted octanol–water partition coefficient (Wildman–Crippen LogP) is 3.63. The van der Waals surface area contributed by atoms with Gasteiger partial charge in [-0.15, -0.1) is 0 Å². The maximum Gasteiger partial charge on any atom is 0.333 e. The number of hydrogen-bond donors (Lipinski definition) is 0. The number of hydrogen-bond acceptors (Lipinski definition) is 2. The molecule has 0 unspecified atom stereocenters. The van der Waals surface area contributed by atoms with Gasteiger partial charge in [-0.1, -0.05) is 44.9 Å². The highest BCUT2D eigenvalue weighted by Crippen LogP contribution is 2.02. The van der Waals surface area contributed by atoms with E-state index in [-0.39, 0.29) is 5.97 Å². The summed E-state index contributed by atoms with van der Waals surface area (Å²) in [5.41, 5.74) is 0.450. The van der Waals surface area contributed by atoms with Crippen LogP contribution in [0.3, 0.4) is 0 Å². The first-order valence-electron chi connectivity index (χ1n) is 5.66. The first kappa shape index (κ1) is 13.9. The lowest BCUT2D eigenvalue weighted by atomic mass is 10.1. The van der Waals surface area contributed by atoms with E-state index in [0.717, 1.165) is 6.42 Å². The van der Waals surface area contributed by atoms with E-state index in [1.54, 1.807) is 6.92 Å². The summed E-state index contributed by atoms with van der Waals surface area (Å²) in [5, 5.41) is 0. The van der Waals surface area contributed by atoms with Gasteiger partial charge in [0, 0.05) is 5.57 Å². The third kappa shape index (κ3) is 9.26. The lowest BCUT2D eigenvalue weighted by molar-refractivity contribution is -0.137. The molecule has 0 rings (SSSR count). The molecule has 0 aromatic rings. The molecule has 0 aliphatic carbocycles. The topological polar surface area (TPSA) is 26.3 Å². The van der Waals surface area contributed by atoms with Gasteiger partial charge in [0.2, 0.25) is 0 Å². The number of rotatable bonds is 8. The summed E-state index contributed by atoms with van der Waals surface area (Å²) in [6, 6.07) is 0. The Bertz CT molecular complexity index is 217. The van der Waals surface area contributed by atoms with Crippen LogP contribution in [0.15, 0.2) is 24.3 Å². The molecule has 86 valence electrons. The molecule has 0 saturated heterocycles. The third-order valence-electron chi connectivity index (χ3n) is 2.05. The summed E-state index contributed by atoms with van der Waals surface area (Å²) < 4.78 is 4.91. The van der Waals surface area contributed by atoms with Crippen molar-refractivity contribution in [1.82, 2.24) is 0 Å². The largest absolute Gasteiger partial charge is 0.458 e. The number of ether oxygens (including phenoxy) is 1. The molecule has 0 bridgehead atoms. The molecule has 0 aliphatic rings. The summed E-state index contributed by atoms with van der Waals surface area (Å²) in [6.45, 7) is 7.72. The highest BCUT2D eigenvalue weighted by Gasteiger charge is 1.99. The molecule has 0 aromatic heterocycles. The zero-order chi connectivity index (χ0) is 11.5. The van der Waals surface area contributed by atoms with Gasteiger partial charge in [0.15, 0.2) is 0 Å². The van der Waals surface area contributed by atoms with Crippen LogP contribution in [0.2, 0.25) is 0 Å². The van der Waals surface area contributed by atoms with E-state index in [0.29, 0.717) is 12.2 Å². The molecule has 0 N–H and O–H groups in total. The zero-order valence-electron chi connectivity index (χ0n) is 9.92. The van der Waals surface area contributed by atoms with Gasteiger partial charge in [-0.3, -0.25) is 0 Å². The van der Waals surface area contributed by atoms with E-state index in [1.165, 1.54) is 25.7 Å². The molecule has 0 saturated carbocycles. The Morgan fingerprint density at radius 3 is 2.60 bits per heavy atom. The Balaban J connectivity index is 3.31. The number of allylic oxidation sites excluding steroid dienone is 1. The summed E-state index contributed by atoms with van der Waals surface area (Å²) >= 11 is 0. The molecule has 0 spiro atoms. The van der Waals surface area contributed by atoms with Crippen LogP contribution >= 0.6 is 0 Å². The van der Waals surface area contributed by atoms with Crippen molar-refractivity contribution >= 4 is 5.97 Å². The molecule has 0 heterocycles. The molecule has 0 fully saturated rings. The third-order valence-corrected chi connectivity index (χ3v) is 2.05. The van der Waals surface area contributed by atoms with E-state index >= 15 is 0 Å². The molecule has 2 nitrogen and oxygen atoms in total. The van der Waals surface area contributed by atoms with Crippen LogP contribution in [-0.4, -0.2) is 12.6 Å². The number of unbranched alkanes of at least 4 members (excludes halogenated alkanes) is 4. The minimum atomic E-state index is -0.314. The smallest absolute Gasteiger partial charge is 0.333 e. The Morgan fingerprint density at radius 1 is 1.27 bits per heavy atom. The summed E-state index contributed by atoms with van der Waals surface area (Å²) in [6.07, 6.45) is 10.1. The number of carbonyl (C=O) groups excluding carboxylic acids is 1. The highest BCUT2D eigenvalue weighted by molar-refractivity contribution is 5.86. The van der Waals surface area contributed by atoms with Crippen molar-refractivity contribution in [3.8, 4) is 0 Å². The standard InChI is InChI=1S/C13H22O2/c1-4-5-6-7-8-9-10-11-15-13(14)12(2)3/h9-10H,2,4-8,11H2,1,3H3/b10-9+. The number of carbonyl (C=O) groups is 1. The van der Waals surface area contributed by atoms with Gasteiger partial charge in [0.1, 0.15) is 6.61 Å². The summed E-state index contributed by atoms with van der Waals surface area (Å²) in [4.78, 5) is 11.0. The summed E-state index contributed by atoms with van der Waals surface area (Å²) in [7, 11) is 0. The van der Waals surface area contributed by atoms with E-state index in [9.17, 15) is 4.79 Å². The lowest BCUT2D eigenvalue weighted by Gasteiger charge is -1.99. The first-order chi connectivity index (χ1) is 7.18. The second kappa shape index (κ2) is 9.50. The Kier molecular flexibility index (Phi) is 8.84. The Labute approximate surface area is 93.0 Å². The molecule has 15 heavy (non-hydrogen) atoms. The average molecular weight is 210 g/mol. The van der Waals surface area contributed by atoms with Gasteiger partial charge >= 0.3 is 5.97 Å². The van der Waals surface area contributed by atoms with Gasteiger partial charge in [-0.05, 0) is 19.8 Å². The summed E-state index contributed by atoms with van der Waals surface area (Å²) in [5.74, 6) is -0.314. The molecule has 0 radical (unpaired) electrons. The van der Waals surface area contributed by atoms with Crippen molar-refractivity contribution in [2.45, 2.75) is 46.0 Å². The van der Waals surface area contributed by atoms with Gasteiger partial charge < -0.3 is 4.74 Å². The minimum absolute atomic E-state index is 0.314. The monoisotopic (exact) mass is 210 g/mol.